The number of fused-ring (bicyclic) bond motifs is 1. The molecule has 1 aromatic heterocycles. The average Bonchev–Trinajstić information content (AvgIpc) is 3.19. The molecular formula is C26H29ClF2N3O9PS. The lowest BCUT2D eigenvalue weighted by atomic mass is 9.96. The maximum atomic E-state index is 14.7. The molecule has 0 bridgehead atoms. The SMILES string of the molecule is CC(C)OC(=O)[C@H](C)NP(=S)(OC[C@@]1(C(F)F)O[C@@H](n2cc(Cl)c(=O)[nH]c2=O)[C@H](O)[C@H]1O)Oc1ccc2ccccc2c1. The van der Waals surface area contributed by atoms with Gasteiger partial charge in [0.1, 0.15) is 29.0 Å². The third kappa shape index (κ3) is 7.15. The number of benzene rings is 2. The van der Waals surface area contributed by atoms with E-state index >= 15 is 0 Å². The van der Waals surface area contributed by atoms with Gasteiger partial charge in [0.25, 0.3) is 12.0 Å². The normalized spacial score (nSPS) is 24.3. The van der Waals surface area contributed by atoms with Crippen molar-refractivity contribution in [1.29, 1.82) is 0 Å². The second kappa shape index (κ2) is 13.1. The van der Waals surface area contributed by atoms with Crippen LogP contribution in [0.4, 0.5) is 8.78 Å². The van der Waals surface area contributed by atoms with E-state index in [1.54, 1.807) is 38.1 Å². The minimum atomic E-state index is -3.93. The summed E-state index contributed by atoms with van der Waals surface area (Å²) in [5, 5.41) is 25.3. The van der Waals surface area contributed by atoms with Gasteiger partial charge in [0.15, 0.2) is 11.8 Å². The second-order valence-corrected chi connectivity index (χ2v) is 13.6. The number of aromatic amines is 1. The fraction of sp³-hybridized carbons (Fsp3) is 0.423. The number of carbonyl (C=O) groups is 1. The number of nitrogens with zero attached hydrogens (tertiary/aromatic N) is 1. The Balaban J connectivity index is 1.66. The molecule has 17 heteroatoms. The van der Waals surface area contributed by atoms with Crippen LogP contribution < -0.4 is 20.9 Å². The van der Waals surface area contributed by atoms with Crippen molar-refractivity contribution in [3.8, 4) is 5.75 Å². The Morgan fingerprint density at radius 3 is 2.53 bits per heavy atom. The number of alkyl halides is 2. The summed E-state index contributed by atoms with van der Waals surface area (Å²) in [7, 11) is 0. The molecule has 1 aliphatic rings. The number of aromatic nitrogens is 2. The summed E-state index contributed by atoms with van der Waals surface area (Å²) in [6.45, 7) is -0.405. The van der Waals surface area contributed by atoms with Gasteiger partial charge in [-0.1, -0.05) is 41.9 Å². The molecule has 43 heavy (non-hydrogen) atoms. The monoisotopic (exact) mass is 663 g/mol. The molecular weight excluding hydrogens is 635 g/mol. The minimum absolute atomic E-state index is 0.185. The van der Waals surface area contributed by atoms with Gasteiger partial charge in [0, 0.05) is 6.20 Å². The first-order valence-electron chi connectivity index (χ1n) is 12.9. The van der Waals surface area contributed by atoms with Crippen molar-refractivity contribution in [2.75, 3.05) is 6.61 Å². The summed E-state index contributed by atoms with van der Waals surface area (Å²) in [6, 6.07) is 11.1. The fourth-order valence-corrected chi connectivity index (χ4v) is 6.87. The van der Waals surface area contributed by atoms with Crippen LogP contribution in [0.3, 0.4) is 0 Å². The molecule has 1 saturated heterocycles. The summed E-state index contributed by atoms with van der Waals surface area (Å²) in [5.41, 5.74) is -5.03. The zero-order chi connectivity index (χ0) is 31.7. The van der Waals surface area contributed by atoms with E-state index < -0.39 is 78.1 Å². The van der Waals surface area contributed by atoms with Crippen molar-refractivity contribution in [2.24, 2.45) is 0 Å². The van der Waals surface area contributed by atoms with Gasteiger partial charge >= 0.3 is 18.3 Å². The van der Waals surface area contributed by atoms with Crippen LogP contribution in [0.1, 0.15) is 27.0 Å². The van der Waals surface area contributed by atoms with E-state index in [2.05, 4.69) is 5.09 Å². The van der Waals surface area contributed by atoms with Crippen LogP contribution in [0, 0.1) is 0 Å². The number of aliphatic hydroxyl groups is 2. The van der Waals surface area contributed by atoms with Gasteiger partial charge in [-0.15, -0.1) is 0 Å². The first-order valence-corrected chi connectivity index (χ1v) is 15.9. The van der Waals surface area contributed by atoms with Gasteiger partial charge in [0.05, 0.1) is 12.7 Å². The predicted octanol–water partition coefficient (Wildman–Crippen LogP) is 2.85. The zero-order valence-corrected chi connectivity index (χ0v) is 25.4. The Bertz CT molecular complexity index is 1660. The van der Waals surface area contributed by atoms with Crippen LogP contribution in [0.5, 0.6) is 5.75 Å². The van der Waals surface area contributed by atoms with E-state index in [1.807, 2.05) is 23.2 Å². The number of rotatable bonds is 11. The quantitative estimate of drug-likeness (QED) is 0.176. The van der Waals surface area contributed by atoms with Crippen LogP contribution in [0.15, 0.2) is 58.3 Å². The molecule has 1 unspecified atom stereocenters. The molecule has 4 rings (SSSR count). The zero-order valence-electron chi connectivity index (χ0n) is 23.0. The van der Waals surface area contributed by atoms with Crippen LogP contribution in [0.2, 0.25) is 5.02 Å². The molecule has 2 heterocycles. The molecule has 0 amide bonds. The van der Waals surface area contributed by atoms with Crippen LogP contribution >= 0.6 is 18.2 Å². The van der Waals surface area contributed by atoms with Crippen molar-refractivity contribution in [3.05, 3.63) is 74.5 Å². The number of halogens is 3. The summed E-state index contributed by atoms with van der Waals surface area (Å²) < 4.78 is 52.2. The van der Waals surface area contributed by atoms with Gasteiger partial charge in [-0.25, -0.2) is 18.7 Å². The van der Waals surface area contributed by atoms with E-state index in [-0.39, 0.29) is 5.75 Å². The van der Waals surface area contributed by atoms with Gasteiger partial charge in [-0.05, 0) is 55.5 Å². The highest BCUT2D eigenvalue weighted by Crippen LogP contribution is 2.49. The summed E-state index contributed by atoms with van der Waals surface area (Å²) in [5.74, 6) is -0.536. The molecule has 1 aliphatic heterocycles. The van der Waals surface area contributed by atoms with E-state index in [9.17, 15) is 33.4 Å². The standard InChI is InChI=1S/C26H29ClF2N3O9PS/c1-13(2)39-23(36)14(3)31-42(43,41-17-9-8-15-6-4-5-7-16(15)10-17)38-12-26(24(28)29)20(34)19(33)22(40-26)32-11-18(27)21(35)30-25(32)37/h4-11,13-14,19-20,22,24,33-34H,12H2,1-3H3,(H,31,43)(H,30,35,37)/t14-,19+,20+,22+,26+,42?/m0/s1. The summed E-state index contributed by atoms with van der Waals surface area (Å²) in [4.78, 5) is 38.4. The lowest BCUT2D eigenvalue weighted by Crippen LogP contribution is -2.53. The third-order valence-corrected chi connectivity index (χ3v) is 9.24. The number of hydrogen-bond donors (Lipinski definition) is 4. The van der Waals surface area contributed by atoms with Crippen LogP contribution in [0.25, 0.3) is 10.8 Å². The molecule has 0 aliphatic carbocycles. The predicted molar refractivity (Wildman–Crippen MR) is 156 cm³/mol. The fourth-order valence-electron chi connectivity index (χ4n) is 4.31. The Morgan fingerprint density at radius 2 is 1.88 bits per heavy atom. The Morgan fingerprint density at radius 1 is 1.21 bits per heavy atom. The Labute approximate surface area is 253 Å². The van der Waals surface area contributed by atoms with Crippen molar-refractivity contribution in [3.63, 3.8) is 0 Å². The molecule has 12 nitrogen and oxygen atoms in total. The van der Waals surface area contributed by atoms with Crippen molar-refractivity contribution < 1.29 is 42.3 Å². The highest BCUT2D eigenvalue weighted by Gasteiger charge is 2.61. The number of H-pyrrole nitrogens is 1. The minimum Gasteiger partial charge on any atom is -0.462 e. The second-order valence-electron chi connectivity index (χ2n) is 10.1. The van der Waals surface area contributed by atoms with Crippen molar-refractivity contribution >= 4 is 46.8 Å². The van der Waals surface area contributed by atoms with Gasteiger partial charge in [-0.2, -0.15) is 0 Å². The first-order chi connectivity index (χ1) is 20.2. The molecule has 3 aromatic rings. The number of ether oxygens (including phenoxy) is 2. The molecule has 4 N–H and O–H groups in total. The number of nitrogens with one attached hydrogen (secondary N) is 2. The first kappa shape index (κ1) is 33.1. The average molecular weight is 664 g/mol. The van der Waals surface area contributed by atoms with E-state index in [1.165, 1.54) is 6.92 Å². The summed E-state index contributed by atoms with van der Waals surface area (Å²) >= 11 is 11.4. The largest absolute Gasteiger partial charge is 0.462 e. The maximum absolute atomic E-state index is 14.7. The third-order valence-electron chi connectivity index (χ3n) is 6.49. The molecule has 6 atom stereocenters. The lowest BCUT2D eigenvalue weighted by molar-refractivity contribution is -0.192. The topological polar surface area (TPSA) is 161 Å². The van der Waals surface area contributed by atoms with Crippen LogP contribution in [-0.4, -0.2) is 68.7 Å². The van der Waals surface area contributed by atoms with E-state index in [0.29, 0.717) is 4.57 Å². The lowest BCUT2D eigenvalue weighted by Gasteiger charge is -2.34. The number of esters is 1. The highest BCUT2D eigenvalue weighted by molar-refractivity contribution is 8.09. The molecule has 0 radical (unpaired) electrons. The molecule has 234 valence electrons. The molecule has 0 saturated carbocycles. The molecule has 0 spiro atoms. The van der Waals surface area contributed by atoms with Gasteiger partial charge in [0.2, 0.25) is 0 Å². The number of hydrogen-bond acceptors (Lipinski definition) is 10. The summed E-state index contributed by atoms with van der Waals surface area (Å²) in [6.07, 6.45) is -9.50. The molecule has 2 aromatic carbocycles. The van der Waals surface area contributed by atoms with Crippen LogP contribution in [-0.2, 0) is 30.6 Å². The Hall–Kier alpha value is -2.75. The van der Waals surface area contributed by atoms with Crippen molar-refractivity contribution in [1.82, 2.24) is 14.6 Å². The highest BCUT2D eigenvalue weighted by atomic mass is 35.5. The van der Waals surface area contributed by atoms with Gasteiger partial charge < -0.3 is 28.7 Å². The van der Waals surface area contributed by atoms with Crippen molar-refractivity contribution in [2.45, 2.75) is 63.4 Å². The van der Waals surface area contributed by atoms with E-state index in [4.69, 9.17) is 41.9 Å². The number of carbonyl (C=O) groups excluding carboxylic acids is 1. The van der Waals surface area contributed by atoms with Gasteiger partial charge in [-0.3, -0.25) is 19.1 Å². The smallest absolute Gasteiger partial charge is 0.330 e. The Kier molecular flexibility index (Phi) is 10.1. The van der Waals surface area contributed by atoms with E-state index in [0.717, 1.165) is 17.0 Å². The maximum Gasteiger partial charge on any atom is 0.330 e. The number of aliphatic hydroxyl groups excluding tert-OH is 2. The molecule has 1 fully saturated rings.